The first-order valence-electron chi connectivity index (χ1n) is 6.83. The molecule has 0 atom stereocenters. The number of nitrogens with zero attached hydrogens (tertiary/aromatic N) is 1. The number of benzene rings is 1. The van der Waals surface area contributed by atoms with Crippen LogP contribution in [-0.4, -0.2) is 18.5 Å². The fraction of sp³-hybridized carbons (Fsp3) is 0.118. The van der Waals surface area contributed by atoms with Crippen LogP contribution in [0, 0.1) is 11.8 Å². The minimum absolute atomic E-state index is 0.777. The van der Waals surface area contributed by atoms with Crippen molar-refractivity contribution in [2.24, 2.45) is 0 Å². The Morgan fingerprint density at radius 3 is 2.16 bits per heavy atom. The normalized spacial score (nSPS) is 10.7. The highest BCUT2D eigenvalue weighted by Gasteiger charge is 2.36. The lowest BCUT2D eigenvalue weighted by Gasteiger charge is -2.08. The van der Waals surface area contributed by atoms with E-state index in [1.54, 1.807) is 0 Å². The van der Waals surface area contributed by atoms with E-state index in [4.69, 9.17) is 13.0 Å². The minimum atomic E-state index is -6.09. The highest BCUT2D eigenvalue weighted by molar-refractivity contribution is 7.86. The molecule has 0 spiro atoms. The maximum Gasteiger partial charge on any atom is 0.485 e. The lowest BCUT2D eigenvalue weighted by atomic mass is 10.2. The van der Waals surface area contributed by atoms with Gasteiger partial charge in [-0.15, -0.1) is 0 Å². The summed E-state index contributed by atoms with van der Waals surface area (Å²) in [5.74, 6) is 6.33. The van der Waals surface area contributed by atoms with Gasteiger partial charge < -0.3 is 4.55 Å². The molecule has 0 bridgehead atoms. The monoisotopic (exact) mass is 369 g/mol. The Bertz CT molecular complexity index is 867. The number of aromatic nitrogens is 1. The molecule has 0 aliphatic rings. The third-order valence-electron chi connectivity index (χ3n) is 2.66. The first-order valence-corrected chi connectivity index (χ1v) is 8.24. The number of pyridine rings is 1. The Hall–Kier alpha value is -2.63. The van der Waals surface area contributed by atoms with Crippen LogP contribution in [-0.2, 0) is 16.7 Å². The zero-order chi connectivity index (χ0) is 18.9. The number of hydrogen-bond donors (Lipinski definition) is 0. The smallest absolute Gasteiger partial charge is 0.485 e. The third-order valence-corrected chi connectivity index (χ3v) is 3.23. The van der Waals surface area contributed by atoms with Crippen LogP contribution < -0.4 is 4.57 Å². The SMILES string of the molecule is C=CC[n+]1ccccc1C#Cc1ccccc1.O=S(=O)([O-])C(F)(F)F. The molecule has 0 N–H and O–H groups in total. The Morgan fingerprint density at radius 1 is 1.08 bits per heavy atom. The Balaban J connectivity index is 0.000000333. The van der Waals surface area contributed by atoms with E-state index in [1.165, 1.54) is 0 Å². The number of rotatable bonds is 2. The number of hydrogen-bond acceptors (Lipinski definition) is 3. The zero-order valence-corrected chi connectivity index (χ0v) is 13.7. The van der Waals surface area contributed by atoms with Gasteiger partial charge in [0.2, 0.25) is 0 Å². The van der Waals surface area contributed by atoms with Gasteiger partial charge in [-0.1, -0.05) is 30.7 Å². The van der Waals surface area contributed by atoms with Crippen molar-refractivity contribution in [2.75, 3.05) is 0 Å². The molecule has 0 saturated heterocycles. The maximum atomic E-state index is 10.7. The highest BCUT2D eigenvalue weighted by Crippen LogP contribution is 2.20. The van der Waals surface area contributed by atoms with E-state index in [1.807, 2.05) is 60.8 Å². The minimum Gasteiger partial charge on any atom is -0.741 e. The zero-order valence-electron chi connectivity index (χ0n) is 12.9. The molecular weight excluding hydrogens is 355 g/mol. The van der Waals surface area contributed by atoms with Crippen LogP contribution in [0.1, 0.15) is 11.3 Å². The van der Waals surface area contributed by atoms with Gasteiger partial charge in [0, 0.05) is 23.6 Å². The van der Waals surface area contributed by atoms with Crippen molar-refractivity contribution in [2.45, 2.75) is 12.1 Å². The van der Waals surface area contributed by atoms with E-state index >= 15 is 0 Å². The molecule has 2 aromatic rings. The summed E-state index contributed by atoms with van der Waals surface area (Å²) in [6.07, 6.45) is 3.88. The first-order chi connectivity index (χ1) is 11.6. The molecule has 2 rings (SSSR count). The number of halogens is 3. The lowest BCUT2D eigenvalue weighted by Crippen LogP contribution is -2.35. The molecular formula is C17H14F3NO3S. The van der Waals surface area contributed by atoms with E-state index in [9.17, 15) is 13.2 Å². The van der Waals surface area contributed by atoms with Crippen LogP contribution in [0.2, 0.25) is 0 Å². The van der Waals surface area contributed by atoms with Gasteiger partial charge in [-0.25, -0.2) is 8.42 Å². The maximum absolute atomic E-state index is 10.7. The second-order valence-corrected chi connectivity index (χ2v) is 5.91. The van der Waals surface area contributed by atoms with E-state index in [0.717, 1.165) is 17.8 Å². The third kappa shape index (κ3) is 7.20. The van der Waals surface area contributed by atoms with E-state index < -0.39 is 15.6 Å². The Kier molecular flexibility index (Phi) is 7.36. The summed E-state index contributed by atoms with van der Waals surface area (Å²) < 4.78 is 61.0. The quantitative estimate of drug-likeness (QED) is 0.269. The molecule has 0 amide bonds. The van der Waals surface area contributed by atoms with Crippen LogP contribution in [0.25, 0.3) is 0 Å². The Labute approximate surface area is 144 Å². The average molecular weight is 369 g/mol. The topological polar surface area (TPSA) is 61.1 Å². The molecule has 132 valence electrons. The van der Waals surface area contributed by atoms with Gasteiger partial charge in [0.15, 0.2) is 22.9 Å². The molecule has 1 aromatic heterocycles. The van der Waals surface area contributed by atoms with Crippen molar-refractivity contribution in [1.29, 1.82) is 0 Å². The van der Waals surface area contributed by atoms with E-state index in [-0.39, 0.29) is 0 Å². The molecule has 0 unspecified atom stereocenters. The van der Waals surface area contributed by atoms with Gasteiger partial charge in [0.05, 0.1) is 0 Å². The molecule has 0 fully saturated rings. The predicted molar refractivity (Wildman–Crippen MR) is 85.0 cm³/mol. The van der Waals surface area contributed by atoms with E-state index in [2.05, 4.69) is 23.0 Å². The van der Waals surface area contributed by atoms with Crippen molar-refractivity contribution < 1.29 is 30.7 Å². The second-order valence-electron chi connectivity index (χ2n) is 4.54. The highest BCUT2D eigenvalue weighted by atomic mass is 32.2. The number of allylic oxidation sites excluding steroid dienone is 1. The van der Waals surface area contributed by atoms with Gasteiger partial charge >= 0.3 is 5.51 Å². The van der Waals surface area contributed by atoms with Crippen LogP contribution in [0.15, 0.2) is 67.4 Å². The largest absolute Gasteiger partial charge is 0.741 e. The summed E-state index contributed by atoms with van der Waals surface area (Å²) in [6.45, 7) is 4.52. The van der Waals surface area contributed by atoms with Gasteiger partial charge in [0.25, 0.3) is 5.69 Å². The molecule has 4 nitrogen and oxygen atoms in total. The fourth-order valence-corrected chi connectivity index (χ4v) is 1.55. The standard InChI is InChI=1S/C16H14N.CHF3O3S/c1-2-13-17-14-7-6-10-16(17)12-11-15-8-4-3-5-9-15;2-1(3,4)8(5,6)7/h2-10,14H,1,13H2;(H,5,6,7)/q+1;/p-1. The van der Waals surface area contributed by atoms with E-state index in [0.29, 0.717) is 0 Å². The fourth-order valence-electron chi connectivity index (χ4n) is 1.55. The van der Waals surface area contributed by atoms with Crippen LogP contribution in [0.3, 0.4) is 0 Å². The predicted octanol–water partition coefficient (Wildman–Crippen LogP) is 2.61. The van der Waals surface area contributed by atoms with Crippen molar-refractivity contribution in [1.82, 2.24) is 0 Å². The van der Waals surface area contributed by atoms with Gasteiger partial charge in [0.1, 0.15) is 0 Å². The summed E-state index contributed by atoms with van der Waals surface area (Å²) in [5.41, 5.74) is -3.62. The molecule has 0 aliphatic heterocycles. The molecule has 1 heterocycles. The van der Waals surface area contributed by atoms with Gasteiger partial charge in [-0.05, 0) is 24.3 Å². The molecule has 0 aliphatic carbocycles. The van der Waals surface area contributed by atoms with Crippen LogP contribution in [0.5, 0.6) is 0 Å². The molecule has 0 saturated carbocycles. The van der Waals surface area contributed by atoms with Crippen molar-refractivity contribution in [3.8, 4) is 11.8 Å². The number of alkyl halides is 3. The Morgan fingerprint density at radius 2 is 1.64 bits per heavy atom. The van der Waals surface area contributed by atoms with Crippen molar-refractivity contribution in [3.63, 3.8) is 0 Å². The lowest BCUT2D eigenvalue weighted by molar-refractivity contribution is -0.689. The summed E-state index contributed by atoms with van der Waals surface area (Å²) in [6, 6.07) is 16.0. The summed E-state index contributed by atoms with van der Waals surface area (Å²) in [5, 5.41) is 0. The summed E-state index contributed by atoms with van der Waals surface area (Å²) >= 11 is 0. The van der Waals surface area contributed by atoms with Gasteiger partial charge in [-0.2, -0.15) is 17.7 Å². The van der Waals surface area contributed by atoms with Crippen molar-refractivity contribution in [3.05, 3.63) is 78.6 Å². The first kappa shape index (κ1) is 20.4. The second kappa shape index (κ2) is 9.01. The molecule has 25 heavy (non-hydrogen) atoms. The molecule has 1 aromatic carbocycles. The van der Waals surface area contributed by atoms with Crippen LogP contribution in [0.4, 0.5) is 13.2 Å². The molecule has 8 heteroatoms. The van der Waals surface area contributed by atoms with Crippen LogP contribution >= 0.6 is 0 Å². The summed E-state index contributed by atoms with van der Waals surface area (Å²) in [7, 11) is -6.09. The summed E-state index contributed by atoms with van der Waals surface area (Å²) in [4.78, 5) is 0. The average Bonchev–Trinajstić information content (AvgIpc) is 2.54. The van der Waals surface area contributed by atoms with Gasteiger partial charge in [-0.3, -0.25) is 0 Å². The molecule has 0 radical (unpaired) electrons. The van der Waals surface area contributed by atoms with Crippen molar-refractivity contribution >= 4 is 10.1 Å².